The molecule has 3 atom stereocenters. The Labute approximate surface area is 108 Å². The molecule has 0 radical (unpaired) electrons. The van der Waals surface area contributed by atoms with Crippen molar-refractivity contribution in [2.45, 2.75) is 11.2 Å². The lowest BCUT2D eigenvalue weighted by Gasteiger charge is -1.99. The Morgan fingerprint density at radius 3 is 2.18 bits per heavy atom. The second kappa shape index (κ2) is 4.10. The highest BCUT2D eigenvalue weighted by Gasteiger charge is 2.61. The smallest absolute Gasteiger partial charge is 0.308 e. The summed E-state index contributed by atoms with van der Waals surface area (Å²) in [6.45, 7) is 0. The summed E-state index contributed by atoms with van der Waals surface area (Å²) in [6, 6.07) is 7.09. The third-order valence-electron chi connectivity index (χ3n) is 2.99. The van der Waals surface area contributed by atoms with Crippen LogP contribution in [0.2, 0.25) is 0 Å². The van der Waals surface area contributed by atoms with Gasteiger partial charge in [0.1, 0.15) is 0 Å². The Kier molecular flexibility index (Phi) is 3.03. The van der Waals surface area contributed by atoms with E-state index in [1.807, 2.05) is 0 Å². The first kappa shape index (κ1) is 12.6. The molecule has 0 heterocycles. The standard InChI is InChI=1S/C11H11BrO4S/c1-17(15,16)10-8(9(10)11(13)14)6-2-4-7(12)5-3-6/h2-5,8-10H,1H3,(H,13,14)/t8-,9-,10+/m0/s1. The van der Waals surface area contributed by atoms with Gasteiger partial charge in [0.15, 0.2) is 9.84 Å². The summed E-state index contributed by atoms with van der Waals surface area (Å²) >= 11 is 3.28. The summed E-state index contributed by atoms with van der Waals surface area (Å²) in [5.74, 6) is -2.28. The second-order valence-corrected chi connectivity index (χ2v) is 7.35. The van der Waals surface area contributed by atoms with Crippen molar-refractivity contribution < 1.29 is 18.3 Å². The number of benzene rings is 1. The van der Waals surface area contributed by atoms with Gasteiger partial charge in [0, 0.05) is 16.6 Å². The minimum atomic E-state index is -3.32. The average Bonchev–Trinajstić information content (AvgIpc) is 2.93. The number of carboxylic acid groups (broad SMARTS) is 1. The number of hydrogen-bond donors (Lipinski definition) is 1. The zero-order valence-electron chi connectivity index (χ0n) is 9.00. The summed E-state index contributed by atoms with van der Waals surface area (Å²) in [5.41, 5.74) is 0.760. The molecular formula is C11H11BrO4S. The van der Waals surface area contributed by atoms with Crippen LogP contribution in [0.1, 0.15) is 11.5 Å². The molecule has 1 aliphatic carbocycles. The fourth-order valence-electron chi connectivity index (χ4n) is 2.19. The fraction of sp³-hybridized carbons (Fsp3) is 0.364. The van der Waals surface area contributed by atoms with Gasteiger partial charge in [-0.3, -0.25) is 4.79 Å². The second-order valence-electron chi connectivity index (χ2n) is 4.24. The summed E-state index contributed by atoms with van der Waals surface area (Å²) in [5, 5.41) is 8.21. The van der Waals surface area contributed by atoms with Gasteiger partial charge in [-0.2, -0.15) is 0 Å². The molecule has 1 aromatic rings. The number of rotatable bonds is 3. The van der Waals surface area contributed by atoms with Crippen LogP contribution in [0.3, 0.4) is 0 Å². The molecule has 0 spiro atoms. The van der Waals surface area contributed by atoms with Crippen molar-refractivity contribution in [2.75, 3.05) is 6.26 Å². The van der Waals surface area contributed by atoms with E-state index < -0.39 is 32.9 Å². The van der Waals surface area contributed by atoms with Crippen molar-refractivity contribution in [3.05, 3.63) is 34.3 Å². The molecule has 6 heteroatoms. The van der Waals surface area contributed by atoms with Crippen LogP contribution in [0, 0.1) is 5.92 Å². The van der Waals surface area contributed by atoms with Gasteiger partial charge in [0.25, 0.3) is 0 Å². The summed E-state index contributed by atoms with van der Waals surface area (Å²) in [6.07, 6.45) is 1.09. The lowest BCUT2D eigenvalue weighted by Crippen LogP contribution is -2.10. The molecule has 4 nitrogen and oxygen atoms in total. The van der Waals surface area contributed by atoms with Crippen LogP contribution in [0.4, 0.5) is 0 Å². The largest absolute Gasteiger partial charge is 0.481 e. The maximum absolute atomic E-state index is 11.5. The predicted octanol–water partition coefficient (Wildman–Crippen LogP) is 1.66. The van der Waals surface area contributed by atoms with Gasteiger partial charge in [0.05, 0.1) is 11.2 Å². The quantitative estimate of drug-likeness (QED) is 0.920. The molecule has 0 unspecified atom stereocenters. The lowest BCUT2D eigenvalue weighted by atomic mass is 10.1. The Hall–Kier alpha value is -0.880. The van der Waals surface area contributed by atoms with Crippen molar-refractivity contribution in [3.63, 3.8) is 0 Å². The van der Waals surface area contributed by atoms with E-state index >= 15 is 0 Å². The number of aliphatic carboxylic acids is 1. The molecule has 0 amide bonds. The maximum atomic E-state index is 11.5. The van der Waals surface area contributed by atoms with E-state index in [1.165, 1.54) is 0 Å². The Balaban J connectivity index is 2.34. The Morgan fingerprint density at radius 1 is 1.29 bits per heavy atom. The molecule has 1 aromatic carbocycles. The van der Waals surface area contributed by atoms with Gasteiger partial charge in [-0.05, 0) is 17.7 Å². The molecule has 92 valence electrons. The van der Waals surface area contributed by atoms with Gasteiger partial charge in [0.2, 0.25) is 0 Å². The van der Waals surface area contributed by atoms with E-state index in [1.54, 1.807) is 24.3 Å². The molecule has 0 aromatic heterocycles. The lowest BCUT2D eigenvalue weighted by molar-refractivity contribution is -0.138. The fourth-order valence-corrected chi connectivity index (χ4v) is 4.04. The highest BCUT2D eigenvalue weighted by atomic mass is 79.9. The third kappa shape index (κ3) is 2.37. The van der Waals surface area contributed by atoms with Crippen molar-refractivity contribution in [3.8, 4) is 0 Å². The number of sulfone groups is 1. The van der Waals surface area contributed by atoms with Crippen molar-refractivity contribution in [1.82, 2.24) is 0 Å². The van der Waals surface area contributed by atoms with Gasteiger partial charge in [-0.25, -0.2) is 8.42 Å². The molecule has 0 saturated heterocycles. The van der Waals surface area contributed by atoms with Crippen LogP contribution in [0.15, 0.2) is 28.7 Å². The van der Waals surface area contributed by atoms with Gasteiger partial charge in [-0.1, -0.05) is 28.1 Å². The highest BCUT2D eigenvalue weighted by Crippen LogP contribution is 2.52. The first-order valence-electron chi connectivity index (χ1n) is 4.99. The van der Waals surface area contributed by atoms with Crippen LogP contribution in [0.25, 0.3) is 0 Å². The van der Waals surface area contributed by atoms with E-state index in [-0.39, 0.29) is 0 Å². The molecule has 1 aliphatic rings. The number of carboxylic acids is 1. The van der Waals surface area contributed by atoms with Crippen molar-refractivity contribution >= 4 is 31.7 Å². The molecule has 0 bridgehead atoms. The Morgan fingerprint density at radius 2 is 1.82 bits per heavy atom. The molecule has 2 rings (SSSR count). The van der Waals surface area contributed by atoms with E-state index in [0.717, 1.165) is 16.3 Å². The molecular weight excluding hydrogens is 308 g/mol. The molecule has 17 heavy (non-hydrogen) atoms. The van der Waals surface area contributed by atoms with Gasteiger partial charge in [-0.15, -0.1) is 0 Å². The molecule has 1 fully saturated rings. The van der Waals surface area contributed by atoms with Crippen LogP contribution in [0.5, 0.6) is 0 Å². The van der Waals surface area contributed by atoms with E-state index in [9.17, 15) is 13.2 Å². The zero-order valence-corrected chi connectivity index (χ0v) is 11.4. The van der Waals surface area contributed by atoms with Crippen LogP contribution < -0.4 is 0 Å². The van der Waals surface area contributed by atoms with Gasteiger partial charge < -0.3 is 5.11 Å². The average molecular weight is 319 g/mol. The first-order valence-corrected chi connectivity index (χ1v) is 7.74. The number of halogens is 1. The molecule has 1 N–H and O–H groups in total. The van der Waals surface area contributed by atoms with Crippen LogP contribution in [-0.4, -0.2) is 31.0 Å². The predicted molar refractivity (Wildman–Crippen MR) is 66.6 cm³/mol. The topological polar surface area (TPSA) is 71.4 Å². The summed E-state index contributed by atoms with van der Waals surface area (Å²) in [4.78, 5) is 11.0. The third-order valence-corrected chi connectivity index (χ3v) is 5.09. The van der Waals surface area contributed by atoms with Crippen molar-refractivity contribution in [2.24, 2.45) is 5.92 Å². The van der Waals surface area contributed by atoms with E-state index in [2.05, 4.69) is 15.9 Å². The SMILES string of the molecule is CS(=O)(=O)[C@H]1[C@@H](C(=O)O)[C@@H]1c1ccc(Br)cc1. The van der Waals surface area contributed by atoms with Crippen LogP contribution in [-0.2, 0) is 14.6 Å². The summed E-state index contributed by atoms with van der Waals surface area (Å²) in [7, 11) is -3.32. The molecule has 1 saturated carbocycles. The minimum Gasteiger partial charge on any atom is -0.481 e. The summed E-state index contributed by atoms with van der Waals surface area (Å²) < 4.78 is 23.9. The number of hydrogen-bond acceptors (Lipinski definition) is 3. The first-order chi connectivity index (χ1) is 7.82. The number of carbonyl (C=O) groups is 1. The Bertz CT molecular complexity index is 549. The van der Waals surface area contributed by atoms with Crippen LogP contribution >= 0.6 is 15.9 Å². The van der Waals surface area contributed by atoms with Gasteiger partial charge >= 0.3 is 5.97 Å². The minimum absolute atomic E-state index is 0.421. The van der Waals surface area contributed by atoms with E-state index in [0.29, 0.717) is 0 Å². The van der Waals surface area contributed by atoms with Crippen molar-refractivity contribution in [1.29, 1.82) is 0 Å². The monoisotopic (exact) mass is 318 g/mol. The zero-order chi connectivity index (χ0) is 12.8. The van der Waals surface area contributed by atoms with E-state index in [4.69, 9.17) is 5.11 Å². The molecule has 0 aliphatic heterocycles. The maximum Gasteiger partial charge on any atom is 0.308 e. The highest BCUT2D eigenvalue weighted by molar-refractivity contribution is 9.10. The normalized spacial score (nSPS) is 27.8.